The van der Waals surface area contributed by atoms with Crippen LogP contribution in [-0.2, 0) is 4.79 Å². The van der Waals surface area contributed by atoms with E-state index in [2.05, 4.69) is 10.3 Å². The van der Waals surface area contributed by atoms with Crippen LogP contribution in [0.15, 0.2) is 52.9 Å². The van der Waals surface area contributed by atoms with E-state index in [4.69, 9.17) is 10.2 Å². The zero-order valence-corrected chi connectivity index (χ0v) is 13.2. The number of hydrogen-bond donors (Lipinski definition) is 2. The number of oxazole rings is 1. The van der Waals surface area contributed by atoms with Crippen LogP contribution in [0.4, 0.5) is 5.69 Å². The Bertz CT molecular complexity index is 869. The molecule has 4 rings (SSSR count). The summed E-state index contributed by atoms with van der Waals surface area (Å²) in [6, 6.07) is 14.8. The maximum absolute atomic E-state index is 12.2. The van der Waals surface area contributed by atoms with Gasteiger partial charge in [-0.3, -0.25) is 4.79 Å². The molecule has 0 bridgehead atoms. The third kappa shape index (κ3) is 3.16. The van der Waals surface area contributed by atoms with Gasteiger partial charge in [0.25, 0.3) is 0 Å². The minimum Gasteiger partial charge on any atom is -0.440 e. The Balaban J connectivity index is 1.44. The molecule has 1 aliphatic rings. The van der Waals surface area contributed by atoms with Gasteiger partial charge in [-0.15, -0.1) is 0 Å². The van der Waals surface area contributed by atoms with Crippen molar-refractivity contribution in [2.24, 2.45) is 5.73 Å². The predicted octanol–water partition coefficient (Wildman–Crippen LogP) is 3.73. The first-order chi connectivity index (χ1) is 11.7. The molecular formula is C19H19N3O2. The van der Waals surface area contributed by atoms with Gasteiger partial charge in [0.05, 0.1) is 0 Å². The molecule has 0 spiro atoms. The summed E-state index contributed by atoms with van der Waals surface area (Å²) in [5.74, 6) is 1.16. The Morgan fingerprint density at radius 3 is 2.79 bits per heavy atom. The van der Waals surface area contributed by atoms with Crippen molar-refractivity contribution in [2.75, 3.05) is 5.32 Å². The molecule has 0 radical (unpaired) electrons. The van der Waals surface area contributed by atoms with Crippen molar-refractivity contribution in [1.82, 2.24) is 4.98 Å². The van der Waals surface area contributed by atoms with Crippen LogP contribution in [0.25, 0.3) is 11.1 Å². The minimum absolute atomic E-state index is 0.114. The quantitative estimate of drug-likeness (QED) is 0.750. The Kier molecular flexibility index (Phi) is 3.78. The second kappa shape index (κ2) is 6.09. The van der Waals surface area contributed by atoms with Gasteiger partial charge in [0.15, 0.2) is 11.5 Å². The van der Waals surface area contributed by atoms with Gasteiger partial charge in [-0.2, -0.15) is 0 Å². The summed E-state index contributed by atoms with van der Waals surface area (Å²) < 4.78 is 5.73. The maximum atomic E-state index is 12.2. The fourth-order valence-electron chi connectivity index (χ4n) is 2.76. The summed E-state index contributed by atoms with van der Waals surface area (Å²) in [6.07, 6.45) is 2.52. The van der Waals surface area contributed by atoms with Crippen molar-refractivity contribution < 1.29 is 9.21 Å². The van der Waals surface area contributed by atoms with Crippen LogP contribution in [0.1, 0.15) is 42.7 Å². The SMILES string of the molecule is NC(CC(=O)Nc1ccc2oc(C3CC3)nc2c1)c1ccccc1. The minimum atomic E-state index is -0.316. The molecule has 0 saturated heterocycles. The van der Waals surface area contributed by atoms with E-state index in [1.54, 1.807) is 0 Å². The summed E-state index contributed by atoms with van der Waals surface area (Å²) in [6.45, 7) is 0. The Labute approximate surface area is 139 Å². The highest BCUT2D eigenvalue weighted by Crippen LogP contribution is 2.40. The van der Waals surface area contributed by atoms with Gasteiger partial charge in [-0.25, -0.2) is 4.98 Å². The maximum Gasteiger partial charge on any atom is 0.226 e. The summed E-state index contributed by atoms with van der Waals surface area (Å²) >= 11 is 0. The molecule has 2 aromatic carbocycles. The van der Waals surface area contributed by atoms with Crippen molar-refractivity contribution >= 4 is 22.7 Å². The van der Waals surface area contributed by atoms with Crippen molar-refractivity contribution in [3.8, 4) is 0 Å². The van der Waals surface area contributed by atoms with Crippen LogP contribution < -0.4 is 11.1 Å². The van der Waals surface area contributed by atoms with Gasteiger partial charge < -0.3 is 15.5 Å². The molecular weight excluding hydrogens is 302 g/mol. The van der Waals surface area contributed by atoms with Crippen molar-refractivity contribution in [1.29, 1.82) is 0 Å². The summed E-state index contributed by atoms with van der Waals surface area (Å²) in [5, 5.41) is 2.89. The zero-order valence-electron chi connectivity index (χ0n) is 13.2. The van der Waals surface area contributed by atoms with Crippen LogP contribution in [-0.4, -0.2) is 10.9 Å². The van der Waals surface area contributed by atoms with Crippen LogP contribution in [0, 0.1) is 0 Å². The van der Waals surface area contributed by atoms with E-state index in [0.717, 1.165) is 35.4 Å². The van der Waals surface area contributed by atoms with Crippen molar-refractivity contribution in [2.45, 2.75) is 31.2 Å². The van der Waals surface area contributed by atoms with Gasteiger partial charge in [0, 0.05) is 24.1 Å². The molecule has 1 saturated carbocycles. The summed E-state index contributed by atoms with van der Waals surface area (Å²) in [7, 11) is 0. The fraction of sp³-hybridized carbons (Fsp3) is 0.263. The number of benzene rings is 2. The number of nitrogens with two attached hydrogens (primary N) is 1. The van der Waals surface area contributed by atoms with Crippen molar-refractivity contribution in [3.05, 3.63) is 60.0 Å². The van der Waals surface area contributed by atoms with Gasteiger partial charge in [0.1, 0.15) is 5.52 Å². The predicted molar refractivity (Wildman–Crippen MR) is 92.6 cm³/mol. The highest BCUT2D eigenvalue weighted by atomic mass is 16.3. The molecule has 122 valence electrons. The topological polar surface area (TPSA) is 81.2 Å². The number of amides is 1. The Morgan fingerprint density at radius 1 is 1.25 bits per heavy atom. The van der Waals surface area contributed by atoms with Gasteiger partial charge in [0.2, 0.25) is 5.91 Å². The number of rotatable bonds is 5. The highest BCUT2D eigenvalue weighted by molar-refractivity contribution is 5.93. The lowest BCUT2D eigenvalue weighted by Gasteiger charge is -2.12. The average Bonchev–Trinajstić information content (AvgIpc) is 3.35. The molecule has 1 fully saturated rings. The molecule has 5 heteroatoms. The number of aromatic nitrogens is 1. The molecule has 5 nitrogen and oxygen atoms in total. The number of nitrogens with zero attached hydrogens (tertiary/aromatic N) is 1. The van der Waals surface area contributed by atoms with Crippen LogP contribution in [0.2, 0.25) is 0 Å². The fourth-order valence-corrected chi connectivity index (χ4v) is 2.76. The van der Waals surface area contributed by atoms with E-state index < -0.39 is 0 Å². The van der Waals surface area contributed by atoms with Crippen LogP contribution in [0.5, 0.6) is 0 Å². The van der Waals surface area contributed by atoms with Crippen LogP contribution >= 0.6 is 0 Å². The van der Waals surface area contributed by atoms with Gasteiger partial charge >= 0.3 is 0 Å². The van der Waals surface area contributed by atoms with E-state index in [1.165, 1.54) is 0 Å². The zero-order chi connectivity index (χ0) is 16.5. The lowest BCUT2D eigenvalue weighted by molar-refractivity contribution is -0.116. The lowest BCUT2D eigenvalue weighted by atomic mass is 10.0. The number of carbonyl (C=O) groups is 1. The number of hydrogen-bond acceptors (Lipinski definition) is 4. The number of anilines is 1. The average molecular weight is 321 g/mol. The monoisotopic (exact) mass is 321 g/mol. The molecule has 0 aliphatic heterocycles. The first-order valence-electron chi connectivity index (χ1n) is 8.20. The Morgan fingerprint density at radius 2 is 2.04 bits per heavy atom. The molecule has 1 atom stereocenters. The smallest absolute Gasteiger partial charge is 0.226 e. The molecule has 3 aromatic rings. The standard InChI is InChI=1S/C19H19N3O2/c20-15(12-4-2-1-3-5-12)11-18(23)21-14-8-9-17-16(10-14)22-19(24-17)13-6-7-13/h1-5,8-10,13,15H,6-7,11,20H2,(H,21,23). The molecule has 1 amide bonds. The molecule has 1 aliphatic carbocycles. The third-order valence-corrected chi connectivity index (χ3v) is 4.25. The first kappa shape index (κ1) is 14.9. The van der Waals surface area contributed by atoms with E-state index in [1.807, 2.05) is 48.5 Å². The third-order valence-electron chi connectivity index (χ3n) is 4.25. The van der Waals surface area contributed by atoms with E-state index in [-0.39, 0.29) is 18.4 Å². The molecule has 1 unspecified atom stereocenters. The molecule has 1 heterocycles. The summed E-state index contributed by atoms with van der Waals surface area (Å²) in [4.78, 5) is 16.7. The molecule has 24 heavy (non-hydrogen) atoms. The largest absolute Gasteiger partial charge is 0.440 e. The first-order valence-corrected chi connectivity index (χ1v) is 8.20. The summed E-state index contributed by atoms with van der Waals surface area (Å²) in [5.41, 5.74) is 9.30. The number of fused-ring (bicyclic) bond motifs is 1. The number of carbonyl (C=O) groups excluding carboxylic acids is 1. The molecule has 1 aromatic heterocycles. The van der Waals surface area contributed by atoms with Gasteiger partial charge in [-0.05, 0) is 36.6 Å². The number of nitrogens with one attached hydrogen (secondary N) is 1. The van der Waals surface area contributed by atoms with Gasteiger partial charge in [-0.1, -0.05) is 30.3 Å². The van der Waals surface area contributed by atoms with Crippen LogP contribution in [0.3, 0.4) is 0 Å². The van der Waals surface area contributed by atoms with E-state index >= 15 is 0 Å². The molecule has 3 N–H and O–H groups in total. The normalized spacial score (nSPS) is 15.4. The second-order valence-corrected chi connectivity index (χ2v) is 6.28. The van der Waals surface area contributed by atoms with E-state index in [9.17, 15) is 4.79 Å². The van der Waals surface area contributed by atoms with Crippen molar-refractivity contribution in [3.63, 3.8) is 0 Å². The second-order valence-electron chi connectivity index (χ2n) is 6.28. The Hall–Kier alpha value is -2.66. The van der Waals surface area contributed by atoms with E-state index in [0.29, 0.717) is 11.6 Å². The highest BCUT2D eigenvalue weighted by Gasteiger charge is 2.28. The lowest BCUT2D eigenvalue weighted by Crippen LogP contribution is -2.20.